The van der Waals surface area contributed by atoms with Crippen LogP contribution in [0.5, 0.6) is 5.75 Å². The Morgan fingerprint density at radius 3 is 2.72 bits per heavy atom. The molecule has 1 atom stereocenters. The molecule has 6 nitrogen and oxygen atoms in total. The van der Waals surface area contributed by atoms with Crippen molar-refractivity contribution >= 4 is 10.9 Å². The zero-order valence-corrected chi connectivity index (χ0v) is 15.5. The lowest BCUT2D eigenvalue weighted by Gasteiger charge is -2.11. The van der Waals surface area contributed by atoms with Gasteiger partial charge in [0.25, 0.3) is 0 Å². The standard InChI is InChI=1S/C16H20N4O2.C3H8/c1-3-6-20-9-12(8-17-20)16-14-7-13(22-11(2)10-21)4-5-15(14)18-19-16;1-3-2/h4-5,7-9,11,21H,3,6,10H2,1-2H3,(H,18,19);3H2,1-2H3. The highest BCUT2D eigenvalue weighted by Crippen LogP contribution is 2.29. The molecular weight excluding hydrogens is 316 g/mol. The molecule has 1 unspecified atom stereocenters. The molecular formula is C19H28N4O2. The molecule has 25 heavy (non-hydrogen) atoms. The fourth-order valence-electron chi connectivity index (χ4n) is 2.39. The predicted molar refractivity (Wildman–Crippen MR) is 101 cm³/mol. The second kappa shape index (κ2) is 9.22. The number of nitrogens with one attached hydrogen (secondary N) is 1. The third-order valence-electron chi connectivity index (χ3n) is 3.49. The third kappa shape index (κ3) is 4.82. The molecule has 0 aliphatic rings. The molecule has 0 bridgehead atoms. The van der Waals surface area contributed by atoms with Crippen molar-refractivity contribution in [2.75, 3.05) is 6.61 Å². The first-order valence-corrected chi connectivity index (χ1v) is 8.91. The number of aromatic amines is 1. The first-order chi connectivity index (χ1) is 12.1. The number of rotatable bonds is 6. The number of aliphatic hydroxyl groups is 1. The number of nitrogens with zero attached hydrogens (tertiary/aromatic N) is 3. The van der Waals surface area contributed by atoms with Crippen LogP contribution in [0.25, 0.3) is 22.2 Å². The van der Waals surface area contributed by atoms with Crippen LogP contribution in [-0.2, 0) is 6.54 Å². The molecule has 2 heterocycles. The number of aliphatic hydroxyl groups excluding tert-OH is 1. The molecule has 6 heteroatoms. The van der Waals surface area contributed by atoms with Gasteiger partial charge in [-0.3, -0.25) is 9.78 Å². The second-order valence-electron chi connectivity index (χ2n) is 6.09. The van der Waals surface area contributed by atoms with Gasteiger partial charge in [0.05, 0.1) is 18.3 Å². The summed E-state index contributed by atoms with van der Waals surface area (Å²) in [4.78, 5) is 0. The van der Waals surface area contributed by atoms with Gasteiger partial charge in [-0.15, -0.1) is 0 Å². The number of hydrogen-bond donors (Lipinski definition) is 2. The molecule has 1 aromatic carbocycles. The van der Waals surface area contributed by atoms with Crippen molar-refractivity contribution in [3.05, 3.63) is 30.6 Å². The van der Waals surface area contributed by atoms with E-state index in [0.717, 1.165) is 40.9 Å². The number of benzene rings is 1. The number of H-pyrrole nitrogens is 1. The second-order valence-corrected chi connectivity index (χ2v) is 6.09. The Kier molecular flexibility index (Phi) is 7.01. The summed E-state index contributed by atoms with van der Waals surface area (Å²) in [5.74, 6) is 0.720. The molecule has 0 saturated heterocycles. The molecule has 2 aromatic heterocycles. The van der Waals surface area contributed by atoms with E-state index in [9.17, 15) is 0 Å². The first-order valence-electron chi connectivity index (χ1n) is 8.91. The molecule has 0 spiro atoms. The molecule has 0 saturated carbocycles. The van der Waals surface area contributed by atoms with E-state index in [1.54, 1.807) is 0 Å². The molecule has 0 radical (unpaired) electrons. The zero-order chi connectivity index (χ0) is 18.2. The van der Waals surface area contributed by atoms with Crippen LogP contribution in [0, 0.1) is 0 Å². The van der Waals surface area contributed by atoms with Crippen LogP contribution >= 0.6 is 0 Å². The van der Waals surface area contributed by atoms with Gasteiger partial charge in [0.2, 0.25) is 0 Å². The molecule has 0 amide bonds. The van der Waals surface area contributed by atoms with E-state index in [0.29, 0.717) is 0 Å². The maximum absolute atomic E-state index is 9.10. The summed E-state index contributed by atoms with van der Waals surface area (Å²) in [6, 6.07) is 5.75. The SMILES string of the molecule is CCC.CCCn1cc(-c2n[nH]c3ccc(OC(C)CO)cc23)cn1. The van der Waals surface area contributed by atoms with Gasteiger partial charge in [-0.25, -0.2) is 0 Å². The Morgan fingerprint density at radius 2 is 2.04 bits per heavy atom. The van der Waals surface area contributed by atoms with Crippen LogP contribution in [0.2, 0.25) is 0 Å². The lowest BCUT2D eigenvalue weighted by molar-refractivity contribution is 0.130. The van der Waals surface area contributed by atoms with Crippen molar-refractivity contribution in [2.45, 2.75) is 53.2 Å². The summed E-state index contributed by atoms with van der Waals surface area (Å²) in [6.07, 6.45) is 5.89. The molecule has 0 fully saturated rings. The Labute approximate surface area is 148 Å². The lowest BCUT2D eigenvalue weighted by Crippen LogP contribution is -2.15. The molecule has 0 aliphatic carbocycles. The lowest BCUT2D eigenvalue weighted by atomic mass is 10.1. The minimum absolute atomic E-state index is 0.0138. The summed E-state index contributed by atoms with van der Waals surface area (Å²) in [6.45, 7) is 9.08. The fourth-order valence-corrected chi connectivity index (χ4v) is 2.39. The van der Waals surface area contributed by atoms with Crippen molar-refractivity contribution in [1.29, 1.82) is 0 Å². The van der Waals surface area contributed by atoms with Crippen molar-refractivity contribution in [1.82, 2.24) is 20.0 Å². The fraction of sp³-hybridized carbons (Fsp3) is 0.474. The average Bonchev–Trinajstić information content (AvgIpc) is 3.22. The highest BCUT2D eigenvalue weighted by atomic mass is 16.5. The third-order valence-corrected chi connectivity index (χ3v) is 3.49. The Hall–Kier alpha value is -2.34. The van der Waals surface area contributed by atoms with Crippen LogP contribution in [0.1, 0.15) is 40.5 Å². The number of ether oxygens (including phenoxy) is 1. The van der Waals surface area contributed by atoms with Gasteiger partial charge in [-0.1, -0.05) is 27.2 Å². The smallest absolute Gasteiger partial charge is 0.120 e. The molecule has 3 aromatic rings. The minimum Gasteiger partial charge on any atom is -0.488 e. The van der Waals surface area contributed by atoms with E-state index in [1.165, 1.54) is 6.42 Å². The Morgan fingerprint density at radius 1 is 1.28 bits per heavy atom. The van der Waals surface area contributed by atoms with Crippen LogP contribution < -0.4 is 4.74 Å². The number of aromatic nitrogens is 4. The summed E-state index contributed by atoms with van der Waals surface area (Å²) in [7, 11) is 0. The summed E-state index contributed by atoms with van der Waals surface area (Å²) in [5, 5.41) is 21.9. The average molecular weight is 344 g/mol. The number of aryl methyl sites for hydroxylation is 1. The van der Waals surface area contributed by atoms with Crippen LogP contribution in [0.15, 0.2) is 30.6 Å². The summed E-state index contributed by atoms with van der Waals surface area (Å²) in [5.41, 5.74) is 2.79. The maximum Gasteiger partial charge on any atom is 0.120 e. The van der Waals surface area contributed by atoms with Crippen LogP contribution in [0.4, 0.5) is 0 Å². The van der Waals surface area contributed by atoms with Gasteiger partial charge in [0.15, 0.2) is 0 Å². The van der Waals surface area contributed by atoms with E-state index in [1.807, 2.05) is 42.2 Å². The van der Waals surface area contributed by atoms with Gasteiger partial charge >= 0.3 is 0 Å². The zero-order valence-electron chi connectivity index (χ0n) is 15.5. The van der Waals surface area contributed by atoms with E-state index < -0.39 is 0 Å². The topological polar surface area (TPSA) is 76.0 Å². The molecule has 2 N–H and O–H groups in total. The van der Waals surface area contributed by atoms with Crippen molar-refractivity contribution < 1.29 is 9.84 Å². The van der Waals surface area contributed by atoms with E-state index in [4.69, 9.17) is 9.84 Å². The number of hydrogen-bond acceptors (Lipinski definition) is 4. The molecule has 136 valence electrons. The minimum atomic E-state index is -0.236. The van der Waals surface area contributed by atoms with Gasteiger partial charge in [-0.05, 0) is 31.5 Å². The summed E-state index contributed by atoms with van der Waals surface area (Å²) >= 11 is 0. The maximum atomic E-state index is 9.10. The first kappa shape index (κ1) is 19.0. The normalized spacial score (nSPS) is 11.9. The Bertz CT molecular complexity index is 779. The largest absolute Gasteiger partial charge is 0.488 e. The van der Waals surface area contributed by atoms with E-state index >= 15 is 0 Å². The van der Waals surface area contributed by atoms with Gasteiger partial charge in [0, 0.05) is 23.7 Å². The van der Waals surface area contributed by atoms with Crippen molar-refractivity contribution in [3.8, 4) is 17.0 Å². The van der Waals surface area contributed by atoms with Crippen LogP contribution in [-0.4, -0.2) is 37.8 Å². The van der Waals surface area contributed by atoms with E-state index in [2.05, 4.69) is 36.1 Å². The summed E-state index contributed by atoms with van der Waals surface area (Å²) < 4.78 is 7.58. The highest BCUT2D eigenvalue weighted by molar-refractivity contribution is 5.93. The highest BCUT2D eigenvalue weighted by Gasteiger charge is 2.12. The molecule has 0 aliphatic heterocycles. The van der Waals surface area contributed by atoms with Crippen molar-refractivity contribution in [3.63, 3.8) is 0 Å². The molecule has 3 rings (SSSR count). The van der Waals surface area contributed by atoms with Gasteiger partial charge < -0.3 is 9.84 Å². The monoisotopic (exact) mass is 344 g/mol. The predicted octanol–water partition coefficient (Wildman–Crippen LogP) is 4.01. The quantitative estimate of drug-likeness (QED) is 0.708. The Balaban J connectivity index is 0.000000701. The van der Waals surface area contributed by atoms with Crippen molar-refractivity contribution in [2.24, 2.45) is 0 Å². The van der Waals surface area contributed by atoms with E-state index in [-0.39, 0.29) is 12.7 Å². The van der Waals surface area contributed by atoms with Gasteiger partial charge in [-0.2, -0.15) is 10.2 Å². The number of fused-ring (bicyclic) bond motifs is 1. The van der Waals surface area contributed by atoms with Crippen LogP contribution in [0.3, 0.4) is 0 Å². The van der Waals surface area contributed by atoms with Gasteiger partial charge in [0.1, 0.15) is 17.5 Å².